The van der Waals surface area contributed by atoms with Crippen molar-refractivity contribution in [2.45, 2.75) is 63.5 Å². The third kappa shape index (κ3) is 5.27. The molecule has 0 aromatic carbocycles. The van der Waals surface area contributed by atoms with Crippen LogP contribution in [0.4, 0.5) is 19.1 Å². The number of aliphatic hydroxyl groups is 1. The Hall–Kier alpha value is -1.98. The summed E-state index contributed by atoms with van der Waals surface area (Å²) in [4.78, 5) is 14.8. The summed E-state index contributed by atoms with van der Waals surface area (Å²) < 4.78 is 46.5. The maximum Gasteiger partial charge on any atom is 0.420 e. The van der Waals surface area contributed by atoms with E-state index in [1.165, 1.54) is 6.20 Å². The van der Waals surface area contributed by atoms with E-state index in [1.54, 1.807) is 0 Å². The first-order valence-corrected chi connectivity index (χ1v) is 11.4. The minimum absolute atomic E-state index is 0.122. The summed E-state index contributed by atoms with van der Waals surface area (Å²) in [5.74, 6) is 0.181. The molecule has 1 aliphatic carbocycles. The van der Waals surface area contributed by atoms with Crippen molar-refractivity contribution in [2.75, 3.05) is 25.0 Å². The molecule has 11 heteroatoms. The van der Waals surface area contributed by atoms with Crippen molar-refractivity contribution >= 4 is 17.3 Å². The van der Waals surface area contributed by atoms with Crippen molar-refractivity contribution in [3.05, 3.63) is 18.0 Å². The standard InChI is InChI=1S/C20H26F3N5O2S/c1-2-28-8-6-12(7-9-28)26-18-24-10-13(20(21,22)23)17(27-18)16-11-25-19(31-16)30-15-5-3-4-14(15)29/h10-12,14-15,29H,2-9H2,1H3,(H,24,26,27)/t14-,15-/m1/s1. The Morgan fingerprint density at radius 3 is 2.61 bits per heavy atom. The largest absolute Gasteiger partial charge is 0.464 e. The van der Waals surface area contributed by atoms with Crippen LogP contribution in [0.15, 0.2) is 12.4 Å². The van der Waals surface area contributed by atoms with Gasteiger partial charge in [-0.25, -0.2) is 15.0 Å². The van der Waals surface area contributed by atoms with Gasteiger partial charge in [0.2, 0.25) is 5.95 Å². The topological polar surface area (TPSA) is 83.4 Å². The number of nitrogens with one attached hydrogen (secondary N) is 1. The summed E-state index contributed by atoms with van der Waals surface area (Å²) in [6.45, 7) is 4.97. The van der Waals surface area contributed by atoms with E-state index in [0.717, 1.165) is 56.4 Å². The molecule has 7 nitrogen and oxygen atoms in total. The van der Waals surface area contributed by atoms with Crippen molar-refractivity contribution in [2.24, 2.45) is 0 Å². The van der Waals surface area contributed by atoms with Crippen LogP contribution in [0.3, 0.4) is 0 Å². The van der Waals surface area contributed by atoms with Crippen molar-refractivity contribution in [1.82, 2.24) is 19.9 Å². The van der Waals surface area contributed by atoms with Crippen LogP contribution in [0.5, 0.6) is 5.19 Å². The molecule has 1 saturated heterocycles. The number of aromatic nitrogens is 3. The van der Waals surface area contributed by atoms with Gasteiger partial charge >= 0.3 is 6.18 Å². The Balaban J connectivity index is 1.54. The van der Waals surface area contributed by atoms with E-state index in [0.29, 0.717) is 12.8 Å². The van der Waals surface area contributed by atoms with Crippen molar-refractivity contribution in [3.8, 4) is 15.8 Å². The number of likely N-dealkylation sites (tertiary alicyclic amines) is 1. The second-order valence-electron chi connectivity index (χ2n) is 7.95. The Labute approximate surface area is 182 Å². The fourth-order valence-corrected chi connectivity index (χ4v) is 4.84. The third-order valence-electron chi connectivity index (χ3n) is 5.85. The lowest BCUT2D eigenvalue weighted by molar-refractivity contribution is -0.137. The summed E-state index contributed by atoms with van der Waals surface area (Å²) in [6, 6.07) is 0.122. The van der Waals surface area contributed by atoms with Gasteiger partial charge in [0.25, 0.3) is 5.19 Å². The predicted molar refractivity (Wildman–Crippen MR) is 111 cm³/mol. The number of aliphatic hydroxyl groups excluding tert-OH is 1. The molecule has 170 valence electrons. The van der Waals surface area contributed by atoms with Crippen LogP contribution >= 0.6 is 11.3 Å². The fraction of sp³-hybridized carbons (Fsp3) is 0.650. The molecule has 3 heterocycles. The van der Waals surface area contributed by atoms with Gasteiger partial charge in [0.05, 0.1) is 22.9 Å². The molecule has 2 N–H and O–H groups in total. The molecular formula is C20H26F3N5O2S. The quantitative estimate of drug-likeness (QED) is 0.683. The van der Waals surface area contributed by atoms with Gasteiger partial charge in [0.15, 0.2) is 0 Å². The van der Waals surface area contributed by atoms with Gasteiger partial charge in [-0.1, -0.05) is 18.3 Å². The van der Waals surface area contributed by atoms with E-state index < -0.39 is 17.8 Å². The molecule has 2 aromatic heterocycles. The lowest BCUT2D eigenvalue weighted by Crippen LogP contribution is -2.39. The number of alkyl halides is 3. The number of hydrogen-bond donors (Lipinski definition) is 2. The summed E-state index contributed by atoms with van der Waals surface area (Å²) >= 11 is 0.994. The Bertz CT molecular complexity index is 886. The molecule has 0 bridgehead atoms. The third-order valence-corrected chi connectivity index (χ3v) is 6.74. The first-order chi connectivity index (χ1) is 14.8. The van der Waals surface area contributed by atoms with Crippen molar-refractivity contribution < 1.29 is 23.0 Å². The van der Waals surface area contributed by atoms with E-state index >= 15 is 0 Å². The number of hydrogen-bond acceptors (Lipinski definition) is 8. The molecule has 2 aromatic rings. The second-order valence-corrected chi connectivity index (χ2v) is 8.94. The lowest BCUT2D eigenvalue weighted by atomic mass is 10.1. The molecule has 2 fully saturated rings. The van der Waals surface area contributed by atoms with Gasteiger partial charge in [-0.3, -0.25) is 0 Å². The SMILES string of the molecule is CCN1CCC(Nc2ncc(C(F)(F)F)c(-c3cnc(O[C@@H]4CCC[C@H]4O)s3)n2)CC1. The van der Waals surface area contributed by atoms with Crippen LogP contribution in [0.25, 0.3) is 10.6 Å². The Morgan fingerprint density at radius 2 is 1.97 bits per heavy atom. The maximum absolute atomic E-state index is 13.6. The fourth-order valence-electron chi connectivity index (χ4n) is 4.02. The molecule has 4 rings (SSSR count). The summed E-state index contributed by atoms with van der Waals surface area (Å²) in [5.41, 5.74) is -1.12. The number of halogens is 3. The highest BCUT2D eigenvalue weighted by atomic mass is 32.1. The molecular weight excluding hydrogens is 431 g/mol. The average Bonchev–Trinajstić information content (AvgIpc) is 3.37. The molecule has 2 aliphatic rings. The number of piperidine rings is 1. The zero-order valence-electron chi connectivity index (χ0n) is 17.2. The van der Waals surface area contributed by atoms with Crippen LogP contribution in [-0.2, 0) is 6.18 Å². The number of nitrogens with zero attached hydrogens (tertiary/aromatic N) is 4. The molecule has 0 amide bonds. The average molecular weight is 458 g/mol. The highest BCUT2D eigenvalue weighted by Gasteiger charge is 2.36. The van der Waals surface area contributed by atoms with E-state index in [-0.39, 0.29) is 33.9 Å². The normalized spacial score (nSPS) is 23.3. The van der Waals surface area contributed by atoms with Gasteiger partial charge in [-0.2, -0.15) is 13.2 Å². The molecule has 1 saturated carbocycles. The van der Waals surface area contributed by atoms with Crippen LogP contribution < -0.4 is 10.1 Å². The number of ether oxygens (including phenoxy) is 1. The zero-order chi connectivity index (χ0) is 22.0. The van der Waals surface area contributed by atoms with Gasteiger partial charge in [0, 0.05) is 25.3 Å². The molecule has 0 radical (unpaired) electrons. The van der Waals surface area contributed by atoms with Crippen LogP contribution in [0.1, 0.15) is 44.6 Å². The predicted octanol–water partition coefficient (Wildman–Crippen LogP) is 3.81. The Kier molecular flexibility index (Phi) is 6.63. The molecule has 0 unspecified atom stereocenters. The van der Waals surface area contributed by atoms with Crippen molar-refractivity contribution in [3.63, 3.8) is 0 Å². The summed E-state index contributed by atoms with van der Waals surface area (Å²) in [7, 11) is 0. The summed E-state index contributed by atoms with van der Waals surface area (Å²) in [5, 5.41) is 13.3. The molecule has 2 atom stereocenters. The van der Waals surface area contributed by atoms with E-state index in [9.17, 15) is 18.3 Å². The first kappa shape index (κ1) is 22.2. The van der Waals surface area contributed by atoms with Gasteiger partial charge in [-0.15, -0.1) is 0 Å². The van der Waals surface area contributed by atoms with E-state index in [1.807, 2.05) is 0 Å². The van der Waals surface area contributed by atoms with E-state index in [4.69, 9.17) is 4.74 Å². The van der Waals surface area contributed by atoms with Gasteiger partial charge in [-0.05, 0) is 38.6 Å². The van der Waals surface area contributed by atoms with Gasteiger partial charge < -0.3 is 20.1 Å². The summed E-state index contributed by atoms with van der Waals surface area (Å²) in [6.07, 6.45) is 0.584. The smallest absolute Gasteiger partial charge is 0.420 e. The minimum atomic E-state index is -4.59. The number of anilines is 1. The second kappa shape index (κ2) is 9.25. The van der Waals surface area contributed by atoms with Crippen LogP contribution in [-0.4, -0.2) is 62.8 Å². The number of rotatable bonds is 6. The molecule has 1 aliphatic heterocycles. The Morgan fingerprint density at radius 1 is 1.19 bits per heavy atom. The van der Waals surface area contributed by atoms with Gasteiger partial charge in [0.1, 0.15) is 11.7 Å². The van der Waals surface area contributed by atoms with Crippen LogP contribution in [0, 0.1) is 0 Å². The zero-order valence-corrected chi connectivity index (χ0v) is 18.0. The molecule has 31 heavy (non-hydrogen) atoms. The monoisotopic (exact) mass is 457 g/mol. The highest BCUT2D eigenvalue weighted by Crippen LogP contribution is 2.40. The lowest BCUT2D eigenvalue weighted by Gasteiger charge is -2.31. The maximum atomic E-state index is 13.6. The number of thiazole rings is 1. The van der Waals surface area contributed by atoms with E-state index in [2.05, 4.69) is 32.1 Å². The molecule has 0 spiro atoms. The first-order valence-electron chi connectivity index (χ1n) is 10.6. The van der Waals surface area contributed by atoms with Crippen molar-refractivity contribution in [1.29, 1.82) is 0 Å². The highest BCUT2D eigenvalue weighted by molar-refractivity contribution is 7.16. The van der Waals surface area contributed by atoms with Crippen LogP contribution in [0.2, 0.25) is 0 Å². The minimum Gasteiger partial charge on any atom is -0.464 e.